The molecule has 0 aliphatic carbocycles. The van der Waals surface area contributed by atoms with Crippen molar-refractivity contribution < 1.29 is 0 Å². The van der Waals surface area contributed by atoms with Crippen LogP contribution in [0.1, 0.15) is 5.56 Å². The molecule has 0 amide bonds. The lowest BCUT2D eigenvalue weighted by atomic mass is 9.85. The van der Waals surface area contributed by atoms with Crippen molar-refractivity contribution in [3.05, 3.63) is 139 Å². The molecule has 1 aromatic heterocycles. The summed E-state index contributed by atoms with van der Waals surface area (Å²) in [7, 11) is 0. The predicted octanol–water partition coefficient (Wildman–Crippen LogP) is 10.4. The second-order valence-corrected chi connectivity index (χ2v) is 10.5. The van der Waals surface area contributed by atoms with Gasteiger partial charge in [-0.1, -0.05) is 109 Å². The Morgan fingerprint density at radius 3 is 1.85 bits per heavy atom. The normalized spacial score (nSPS) is 11.7. The van der Waals surface area contributed by atoms with Crippen LogP contribution in [0.5, 0.6) is 0 Å². The molecule has 0 aliphatic rings. The van der Waals surface area contributed by atoms with E-state index in [0.717, 1.165) is 5.69 Å². The molecule has 0 spiro atoms. The van der Waals surface area contributed by atoms with Crippen molar-refractivity contribution in [2.45, 2.75) is 6.92 Å². The van der Waals surface area contributed by atoms with Crippen LogP contribution in [-0.2, 0) is 0 Å². The van der Waals surface area contributed by atoms with E-state index in [1.807, 2.05) is 12.3 Å². The predicted molar refractivity (Wildman–Crippen MR) is 166 cm³/mol. The van der Waals surface area contributed by atoms with E-state index in [1.54, 1.807) is 0 Å². The van der Waals surface area contributed by atoms with Crippen LogP contribution < -0.4 is 0 Å². The second-order valence-electron chi connectivity index (χ2n) is 10.5. The van der Waals surface area contributed by atoms with Crippen molar-refractivity contribution in [1.29, 1.82) is 0 Å². The lowest BCUT2D eigenvalue weighted by Crippen LogP contribution is -1.92. The first-order valence-corrected chi connectivity index (χ1v) is 13.5. The molecule has 0 radical (unpaired) electrons. The Kier molecular flexibility index (Phi) is 4.80. The average Bonchev–Trinajstić information content (AvgIpc) is 2.99. The van der Waals surface area contributed by atoms with E-state index in [2.05, 4.69) is 128 Å². The number of aromatic nitrogens is 1. The average molecular weight is 496 g/mol. The zero-order chi connectivity index (χ0) is 25.9. The van der Waals surface area contributed by atoms with Crippen LogP contribution in [0.2, 0.25) is 0 Å². The molecule has 0 N–H and O–H groups in total. The Labute approximate surface area is 227 Å². The molecule has 8 rings (SSSR count). The molecule has 0 unspecified atom stereocenters. The van der Waals surface area contributed by atoms with Crippen LogP contribution in [0, 0.1) is 6.92 Å². The van der Waals surface area contributed by atoms with E-state index in [9.17, 15) is 0 Å². The molecule has 1 heterocycles. The molecular formula is C38H25N. The van der Waals surface area contributed by atoms with Gasteiger partial charge in [0.25, 0.3) is 0 Å². The Morgan fingerprint density at radius 2 is 1.10 bits per heavy atom. The lowest BCUT2D eigenvalue weighted by Gasteiger charge is -2.18. The number of nitrogens with zero attached hydrogens (tertiary/aromatic N) is 1. The SMILES string of the molecule is Cc1cc2ccc3c(-c4ccc(-c5cccc6ccccc56)cc4)cc(-c4ccccn4)c4ccc(c1)c2c34. The van der Waals surface area contributed by atoms with Crippen molar-refractivity contribution in [2.24, 2.45) is 0 Å². The van der Waals surface area contributed by atoms with Crippen molar-refractivity contribution >= 4 is 43.1 Å². The summed E-state index contributed by atoms with van der Waals surface area (Å²) in [6.45, 7) is 2.18. The summed E-state index contributed by atoms with van der Waals surface area (Å²) in [4.78, 5) is 4.76. The van der Waals surface area contributed by atoms with Gasteiger partial charge in [-0.15, -0.1) is 0 Å². The van der Waals surface area contributed by atoms with Crippen LogP contribution >= 0.6 is 0 Å². The van der Waals surface area contributed by atoms with Crippen molar-refractivity contribution in [3.63, 3.8) is 0 Å². The largest absolute Gasteiger partial charge is 0.256 e. The quantitative estimate of drug-likeness (QED) is 0.222. The lowest BCUT2D eigenvalue weighted by molar-refractivity contribution is 1.33. The minimum atomic E-state index is 1.00. The first-order valence-electron chi connectivity index (χ1n) is 13.5. The number of rotatable bonds is 3. The van der Waals surface area contributed by atoms with E-state index in [0.29, 0.717) is 0 Å². The van der Waals surface area contributed by atoms with Crippen molar-refractivity contribution in [2.75, 3.05) is 0 Å². The maximum atomic E-state index is 4.76. The van der Waals surface area contributed by atoms with Crippen LogP contribution in [0.15, 0.2) is 134 Å². The summed E-state index contributed by atoms with van der Waals surface area (Å²) in [5.41, 5.74) is 8.41. The number of fused-ring (bicyclic) bond motifs is 1. The third-order valence-electron chi connectivity index (χ3n) is 8.10. The smallest absolute Gasteiger partial charge is 0.0708 e. The topological polar surface area (TPSA) is 12.9 Å². The molecule has 0 fully saturated rings. The summed E-state index contributed by atoms with van der Waals surface area (Å²) in [5, 5.41) is 10.3. The molecule has 0 atom stereocenters. The molecule has 7 aromatic carbocycles. The molecule has 182 valence electrons. The molecular weight excluding hydrogens is 470 g/mol. The first kappa shape index (κ1) is 22.0. The number of benzene rings is 7. The highest BCUT2D eigenvalue weighted by Gasteiger charge is 2.17. The van der Waals surface area contributed by atoms with Crippen molar-refractivity contribution in [1.82, 2.24) is 4.98 Å². The van der Waals surface area contributed by atoms with Gasteiger partial charge in [-0.3, -0.25) is 4.98 Å². The Hall–Kier alpha value is -5.01. The molecule has 8 aromatic rings. The van der Waals surface area contributed by atoms with Gasteiger partial charge in [0.2, 0.25) is 0 Å². The number of hydrogen-bond donors (Lipinski definition) is 0. The van der Waals surface area contributed by atoms with Gasteiger partial charge in [0.15, 0.2) is 0 Å². The van der Waals surface area contributed by atoms with E-state index in [1.165, 1.54) is 76.5 Å². The van der Waals surface area contributed by atoms with Gasteiger partial charge < -0.3 is 0 Å². The Bertz CT molecular complexity index is 2130. The summed E-state index contributed by atoms with van der Waals surface area (Å²) in [6.07, 6.45) is 1.88. The number of aryl methyl sites for hydroxylation is 1. The Morgan fingerprint density at radius 1 is 0.436 bits per heavy atom. The minimum absolute atomic E-state index is 1.00. The highest BCUT2D eigenvalue weighted by Crippen LogP contribution is 2.44. The fourth-order valence-corrected chi connectivity index (χ4v) is 6.35. The van der Waals surface area contributed by atoms with Gasteiger partial charge in [-0.05, 0) is 96.0 Å². The van der Waals surface area contributed by atoms with Gasteiger partial charge in [-0.2, -0.15) is 0 Å². The molecule has 39 heavy (non-hydrogen) atoms. The van der Waals surface area contributed by atoms with Gasteiger partial charge in [0.1, 0.15) is 0 Å². The number of pyridine rings is 1. The molecule has 1 heteroatoms. The highest BCUT2D eigenvalue weighted by atomic mass is 14.7. The minimum Gasteiger partial charge on any atom is -0.256 e. The highest BCUT2D eigenvalue weighted by molar-refractivity contribution is 6.28. The third-order valence-corrected chi connectivity index (χ3v) is 8.10. The van der Waals surface area contributed by atoms with E-state index < -0.39 is 0 Å². The Balaban J connectivity index is 1.39. The molecule has 0 aliphatic heterocycles. The van der Waals surface area contributed by atoms with Crippen LogP contribution in [0.4, 0.5) is 0 Å². The van der Waals surface area contributed by atoms with Crippen molar-refractivity contribution in [3.8, 4) is 33.5 Å². The summed E-state index contributed by atoms with van der Waals surface area (Å²) < 4.78 is 0. The van der Waals surface area contributed by atoms with Gasteiger partial charge >= 0.3 is 0 Å². The third kappa shape index (κ3) is 3.44. The fourth-order valence-electron chi connectivity index (χ4n) is 6.35. The van der Waals surface area contributed by atoms with E-state index in [-0.39, 0.29) is 0 Å². The fraction of sp³-hybridized carbons (Fsp3) is 0.0263. The maximum Gasteiger partial charge on any atom is 0.0708 e. The molecule has 0 saturated heterocycles. The maximum absolute atomic E-state index is 4.76. The number of hydrogen-bond acceptors (Lipinski definition) is 1. The zero-order valence-corrected chi connectivity index (χ0v) is 21.6. The molecule has 1 nitrogen and oxygen atoms in total. The van der Waals surface area contributed by atoms with Gasteiger partial charge in [-0.25, -0.2) is 0 Å². The molecule has 0 saturated carbocycles. The van der Waals surface area contributed by atoms with E-state index >= 15 is 0 Å². The second kappa shape index (κ2) is 8.51. The van der Waals surface area contributed by atoms with Gasteiger partial charge in [0, 0.05) is 11.8 Å². The van der Waals surface area contributed by atoms with Gasteiger partial charge in [0.05, 0.1) is 5.69 Å². The first-order chi connectivity index (χ1) is 19.2. The summed E-state index contributed by atoms with van der Waals surface area (Å²) >= 11 is 0. The molecule has 0 bridgehead atoms. The van der Waals surface area contributed by atoms with E-state index in [4.69, 9.17) is 4.98 Å². The summed E-state index contributed by atoms with van der Waals surface area (Å²) in [5.74, 6) is 0. The van der Waals surface area contributed by atoms with Crippen LogP contribution in [0.3, 0.4) is 0 Å². The standard InChI is InChI=1S/C38H25N/c1-24-21-28-16-18-32-34(27-14-12-26(13-15-27)31-10-6-8-25-7-2-3-9-30(25)31)23-35(36-11-4-5-20-39-36)33-19-17-29(22-24)37(28)38(32)33/h2-23H,1H3. The van der Waals surface area contributed by atoms with Crippen LogP contribution in [0.25, 0.3) is 76.6 Å². The zero-order valence-electron chi connectivity index (χ0n) is 21.6. The monoisotopic (exact) mass is 495 g/mol. The van der Waals surface area contributed by atoms with Crippen LogP contribution in [-0.4, -0.2) is 4.98 Å². The summed E-state index contributed by atoms with van der Waals surface area (Å²) in [6, 6.07) is 46.5.